The lowest BCUT2D eigenvalue weighted by Gasteiger charge is -2.27. The Hall–Kier alpha value is -3.48. The zero-order valence-corrected chi connectivity index (χ0v) is 14.5. The van der Waals surface area contributed by atoms with Crippen LogP contribution in [0.1, 0.15) is 24.1 Å². The van der Waals surface area contributed by atoms with E-state index in [1.807, 2.05) is 62.6 Å². The molecule has 0 aliphatic carbocycles. The van der Waals surface area contributed by atoms with E-state index < -0.39 is 0 Å². The second-order valence-electron chi connectivity index (χ2n) is 6.25. The van der Waals surface area contributed by atoms with Gasteiger partial charge in [-0.1, -0.05) is 17.7 Å². The molecule has 3 N–H and O–H groups in total. The Morgan fingerprint density at radius 2 is 2.04 bits per heavy atom. The molecule has 7 heteroatoms. The van der Waals surface area contributed by atoms with Crippen molar-refractivity contribution in [1.82, 2.24) is 14.8 Å². The van der Waals surface area contributed by atoms with Crippen molar-refractivity contribution in [2.24, 2.45) is 0 Å². The third-order valence-electron chi connectivity index (χ3n) is 4.40. The highest BCUT2D eigenvalue weighted by Gasteiger charge is 2.34. The van der Waals surface area contributed by atoms with Crippen molar-refractivity contribution in [3.05, 3.63) is 77.5 Å². The summed E-state index contributed by atoms with van der Waals surface area (Å²) in [4.78, 5) is 20.4. The van der Waals surface area contributed by atoms with Crippen molar-refractivity contribution < 1.29 is 9.78 Å². The molecule has 1 amide bonds. The predicted octanol–water partition coefficient (Wildman–Crippen LogP) is 2.33. The summed E-state index contributed by atoms with van der Waals surface area (Å²) in [6.07, 6.45) is 5.18. The van der Waals surface area contributed by atoms with E-state index in [1.54, 1.807) is 4.68 Å². The summed E-state index contributed by atoms with van der Waals surface area (Å²) in [6.45, 7) is 3.89. The first-order valence-corrected chi connectivity index (χ1v) is 8.35. The minimum absolute atomic E-state index is 0.172. The van der Waals surface area contributed by atoms with Crippen LogP contribution in [-0.2, 0) is 4.79 Å². The summed E-state index contributed by atoms with van der Waals surface area (Å²) >= 11 is 0. The fraction of sp³-hybridized carbons (Fsp3) is 0.158. The van der Waals surface area contributed by atoms with Gasteiger partial charge < -0.3 is 10.6 Å². The maximum absolute atomic E-state index is 13.1. The summed E-state index contributed by atoms with van der Waals surface area (Å²) < 4.78 is 1.72. The summed E-state index contributed by atoms with van der Waals surface area (Å²) in [5, 5.41) is 10.5. The van der Waals surface area contributed by atoms with Gasteiger partial charge in [0.25, 0.3) is 5.91 Å². The maximum atomic E-state index is 13.1. The van der Waals surface area contributed by atoms with Crippen LogP contribution in [0.25, 0.3) is 0 Å². The summed E-state index contributed by atoms with van der Waals surface area (Å²) in [6, 6.07) is 11.2. The van der Waals surface area contributed by atoms with Crippen LogP contribution in [0.15, 0.2) is 66.4 Å². The van der Waals surface area contributed by atoms with E-state index in [2.05, 4.69) is 25.7 Å². The third-order valence-corrected chi connectivity index (χ3v) is 4.40. The number of fused-ring (bicyclic) bond motifs is 1. The normalized spacial score (nSPS) is 16.0. The topological polar surface area (TPSA) is 86.0 Å². The Bertz CT molecular complexity index is 975. The van der Waals surface area contributed by atoms with Crippen LogP contribution in [0.2, 0.25) is 0 Å². The number of nitrogens with zero attached hydrogens (tertiary/aromatic N) is 3. The van der Waals surface area contributed by atoms with E-state index in [9.17, 15) is 4.79 Å². The highest BCUT2D eigenvalue weighted by Crippen LogP contribution is 2.34. The molecule has 2 aromatic heterocycles. The molecule has 26 heavy (non-hydrogen) atoms. The van der Waals surface area contributed by atoms with E-state index in [1.165, 1.54) is 6.33 Å². The molecule has 3 heterocycles. The molecule has 0 saturated carbocycles. The van der Waals surface area contributed by atoms with Crippen LogP contribution >= 0.6 is 0 Å². The molecular weight excluding hydrogens is 328 g/mol. The smallest absolute Gasteiger partial charge is 0.255 e. The van der Waals surface area contributed by atoms with Gasteiger partial charge in [-0.2, -0.15) is 10.1 Å². The highest BCUT2D eigenvalue weighted by atomic mass is 16.1. The van der Waals surface area contributed by atoms with Crippen molar-refractivity contribution >= 4 is 17.5 Å². The van der Waals surface area contributed by atoms with Gasteiger partial charge in [0.15, 0.2) is 12.4 Å². The molecule has 7 nitrogen and oxygen atoms in total. The summed E-state index contributed by atoms with van der Waals surface area (Å²) in [5.41, 5.74) is 4.17. The average molecular weight is 347 g/mol. The van der Waals surface area contributed by atoms with Crippen molar-refractivity contribution in [3.63, 3.8) is 0 Å². The van der Waals surface area contributed by atoms with Gasteiger partial charge in [-0.3, -0.25) is 4.79 Å². The molecule has 0 saturated heterocycles. The number of hydrogen-bond acceptors (Lipinski definition) is 4. The molecule has 130 valence electrons. The molecule has 1 aliphatic heterocycles. The minimum Gasteiger partial charge on any atom is -0.328 e. The Balaban J connectivity index is 1.74. The standard InChI is InChI=1S/C19H18N6O/c1-12-5-7-15(8-6-12)24-18(26)16-13(2)23-19-21-11-22-25(19)17(16)14-4-3-9-20-10-14/h3-11,17H,1-2H3,(H,24,26)(H,21,22,23)/p+1. The van der Waals surface area contributed by atoms with Gasteiger partial charge in [-0.25, -0.2) is 9.67 Å². The molecule has 0 spiro atoms. The monoisotopic (exact) mass is 347 g/mol. The van der Waals surface area contributed by atoms with Crippen LogP contribution in [0.4, 0.5) is 11.6 Å². The largest absolute Gasteiger partial charge is 0.328 e. The van der Waals surface area contributed by atoms with Gasteiger partial charge in [0, 0.05) is 23.0 Å². The molecule has 3 aromatic rings. The van der Waals surface area contributed by atoms with Crippen LogP contribution in [0, 0.1) is 6.92 Å². The SMILES string of the molecule is CC1=C(C(=O)Nc2ccc(C)cc2)C(c2ccc[nH+]c2)n2ncnc2N1. The van der Waals surface area contributed by atoms with E-state index in [0.717, 1.165) is 22.5 Å². The van der Waals surface area contributed by atoms with Crippen LogP contribution in [0.3, 0.4) is 0 Å². The number of pyridine rings is 1. The first-order valence-electron chi connectivity index (χ1n) is 8.35. The zero-order chi connectivity index (χ0) is 18.1. The van der Waals surface area contributed by atoms with Crippen molar-refractivity contribution in [1.29, 1.82) is 0 Å². The summed E-state index contributed by atoms with van der Waals surface area (Å²) in [5.74, 6) is 0.442. The number of benzene rings is 1. The number of allylic oxidation sites excluding steroid dienone is 1. The average Bonchev–Trinajstić information content (AvgIpc) is 3.11. The molecule has 1 aromatic carbocycles. The molecule has 0 bridgehead atoms. The van der Waals surface area contributed by atoms with Crippen LogP contribution in [-0.4, -0.2) is 20.7 Å². The number of anilines is 2. The zero-order valence-electron chi connectivity index (χ0n) is 14.5. The fourth-order valence-corrected chi connectivity index (χ4v) is 3.11. The van der Waals surface area contributed by atoms with Gasteiger partial charge in [0.2, 0.25) is 5.95 Å². The Morgan fingerprint density at radius 3 is 2.77 bits per heavy atom. The van der Waals surface area contributed by atoms with E-state index in [0.29, 0.717) is 11.5 Å². The fourth-order valence-electron chi connectivity index (χ4n) is 3.11. The number of hydrogen-bond donors (Lipinski definition) is 2. The number of nitrogens with one attached hydrogen (secondary N) is 3. The lowest BCUT2D eigenvalue weighted by Crippen LogP contribution is -2.32. The molecule has 0 fully saturated rings. The first-order chi connectivity index (χ1) is 12.6. The van der Waals surface area contributed by atoms with Crippen molar-refractivity contribution in [2.45, 2.75) is 19.9 Å². The second-order valence-corrected chi connectivity index (χ2v) is 6.25. The number of carbonyl (C=O) groups is 1. The Labute approximate surface area is 150 Å². The van der Waals surface area contributed by atoms with Gasteiger partial charge in [0.05, 0.1) is 5.57 Å². The third kappa shape index (κ3) is 2.83. The number of carbonyl (C=O) groups excluding carboxylic acids is 1. The van der Waals surface area contributed by atoms with Crippen molar-refractivity contribution in [3.8, 4) is 0 Å². The van der Waals surface area contributed by atoms with E-state index in [-0.39, 0.29) is 11.9 Å². The molecule has 0 radical (unpaired) electrons. The maximum Gasteiger partial charge on any atom is 0.255 e. The van der Waals surface area contributed by atoms with Gasteiger partial charge in [-0.05, 0) is 32.0 Å². The van der Waals surface area contributed by atoms with E-state index in [4.69, 9.17) is 0 Å². The number of aromatic nitrogens is 4. The van der Waals surface area contributed by atoms with Crippen molar-refractivity contribution in [2.75, 3.05) is 10.6 Å². The minimum atomic E-state index is -0.364. The molecular formula is C19H19N6O+. The van der Waals surface area contributed by atoms with Gasteiger partial charge in [0.1, 0.15) is 12.4 Å². The lowest BCUT2D eigenvalue weighted by atomic mass is 9.96. The summed E-state index contributed by atoms with van der Waals surface area (Å²) in [7, 11) is 0. The number of H-pyrrole nitrogens is 1. The predicted molar refractivity (Wildman–Crippen MR) is 97.3 cm³/mol. The number of aryl methyl sites for hydroxylation is 1. The van der Waals surface area contributed by atoms with E-state index >= 15 is 0 Å². The van der Waals surface area contributed by atoms with Crippen LogP contribution in [0.5, 0.6) is 0 Å². The Morgan fingerprint density at radius 1 is 1.23 bits per heavy atom. The molecule has 1 atom stereocenters. The number of aromatic amines is 1. The number of rotatable bonds is 3. The van der Waals surface area contributed by atoms with Gasteiger partial charge in [-0.15, -0.1) is 0 Å². The van der Waals surface area contributed by atoms with Crippen LogP contribution < -0.4 is 15.6 Å². The second kappa shape index (κ2) is 6.44. The molecule has 1 unspecified atom stereocenters. The lowest BCUT2D eigenvalue weighted by molar-refractivity contribution is -0.378. The highest BCUT2D eigenvalue weighted by molar-refractivity contribution is 6.06. The quantitative estimate of drug-likeness (QED) is 0.761. The Kier molecular flexibility index (Phi) is 3.96. The van der Waals surface area contributed by atoms with Gasteiger partial charge >= 0.3 is 0 Å². The molecule has 4 rings (SSSR count). The first kappa shape index (κ1) is 16.0. The molecule has 1 aliphatic rings. The number of amides is 1.